The fourth-order valence-electron chi connectivity index (χ4n) is 2.98. The summed E-state index contributed by atoms with van der Waals surface area (Å²) in [6.45, 7) is 2.41. The summed E-state index contributed by atoms with van der Waals surface area (Å²) < 4.78 is 16.4. The van der Waals surface area contributed by atoms with Gasteiger partial charge in [-0.25, -0.2) is 0 Å². The Hall–Kier alpha value is -0.980. The van der Waals surface area contributed by atoms with Gasteiger partial charge in [-0.05, 0) is 25.3 Å². The Kier molecular flexibility index (Phi) is 4.10. The van der Waals surface area contributed by atoms with E-state index in [1.807, 2.05) is 0 Å². The summed E-state index contributed by atoms with van der Waals surface area (Å²) >= 11 is 0. The summed E-state index contributed by atoms with van der Waals surface area (Å²) in [5.74, 6) is 2.10. The second kappa shape index (κ2) is 5.98. The van der Waals surface area contributed by atoms with Gasteiger partial charge in [-0.2, -0.15) is 4.98 Å². The van der Waals surface area contributed by atoms with Crippen molar-refractivity contribution in [2.45, 2.75) is 37.7 Å². The second-order valence-corrected chi connectivity index (χ2v) is 5.31. The lowest BCUT2D eigenvalue weighted by Crippen LogP contribution is -2.26. The van der Waals surface area contributed by atoms with Crippen LogP contribution in [0.15, 0.2) is 4.52 Å². The Labute approximate surface area is 112 Å². The fourth-order valence-corrected chi connectivity index (χ4v) is 2.98. The van der Waals surface area contributed by atoms with Crippen LogP contribution in [0, 0.1) is 5.92 Å². The maximum absolute atomic E-state index is 5.85. The lowest BCUT2D eigenvalue weighted by molar-refractivity contribution is -0.0941. The van der Waals surface area contributed by atoms with Crippen molar-refractivity contribution < 1.29 is 14.0 Å². The predicted molar refractivity (Wildman–Crippen MR) is 67.6 cm³/mol. The average molecular weight is 267 g/mol. The molecule has 3 atom stereocenters. The Morgan fingerprint density at radius 1 is 1.21 bits per heavy atom. The number of rotatable bonds is 3. The van der Waals surface area contributed by atoms with Crippen molar-refractivity contribution in [3.05, 3.63) is 11.7 Å². The maximum Gasteiger partial charge on any atom is 0.230 e. The first-order valence-electron chi connectivity index (χ1n) is 7.11. The molecule has 3 rings (SSSR count). The van der Waals surface area contributed by atoms with Crippen molar-refractivity contribution in [3.8, 4) is 0 Å². The zero-order valence-electron chi connectivity index (χ0n) is 11.1. The molecular formula is C13H21N3O3. The van der Waals surface area contributed by atoms with Crippen LogP contribution in [0.25, 0.3) is 0 Å². The minimum Gasteiger partial charge on any atom is -0.376 e. The molecule has 1 aliphatic heterocycles. The van der Waals surface area contributed by atoms with Crippen LogP contribution in [-0.4, -0.2) is 36.5 Å². The van der Waals surface area contributed by atoms with Crippen molar-refractivity contribution in [2.24, 2.45) is 11.7 Å². The number of nitrogens with two attached hydrogens (primary N) is 1. The highest BCUT2D eigenvalue weighted by Crippen LogP contribution is 2.36. The zero-order valence-corrected chi connectivity index (χ0v) is 11.1. The highest BCUT2D eigenvalue weighted by Gasteiger charge is 2.31. The van der Waals surface area contributed by atoms with E-state index in [4.69, 9.17) is 19.7 Å². The normalized spacial score (nSPS) is 32.4. The van der Waals surface area contributed by atoms with Gasteiger partial charge in [0.2, 0.25) is 11.7 Å². The topological polar surface area (TPSA) is 83.4 Å². The smallest absolute Gasteiger partial charge is 0.230 e. The molecule has 2 aliphatic rings. The summed E-state index contributed by atoms with van der Waals surface area (Å²) in [5.41, 5.74) is 5.85. The first-order chi connectivity index (χ1) is 9.38. The van der Waals surface area contributed by atoms with E-state index >= 15 is 0 Å². The monoisotopic (exact) mass is 267 g/mol. The van der Waals surface area contributed by atoms with E-state index in [1.165, 1.54) is 12.8 Å². The third kappa shape index (κ3) is 2.80. The molecule has 3 unspecified atom stereocenters. The van der Waals surface area contributed by atoms with Gasteiger partial charge in [0.05, 0.1) is 19.8 Å². The predicted octanol–water partition coefficient (Wildman–Crippen LogP) is 1.39. The quantitative estimate of drug-likeness (QED) is 0.891. The van der Waals surface area contributed by atoms with Crippen molar-refractivity contribution in [3.63, 3.8) is 0 Å². The molecule has 0 amide bonds. The number of hydrogen-bond donors (Lipinski definition) is 1. The molecule has 6 nitrogen and oxygen atoms in total. The molecule has 2 heterocycles. The van der Waals surface area contributed by atoms with Crippen LogP contribution in [0.3, 0.4) is 0 Å². The molecule has 2 fully saturated rings. The van der Waals surface area contributed by atoms with Gasteiger partial charge in [0, 0.05) is 5.92 Å². The molecule has 106 valence electrons. The van der Waals surface area contributed by atoms with E-state index in [-0.39, 0.29) is 6.10 Å². The first kappa shape index (κ1) is 13.0. The van der Waals surface area contributed by atoms with E-state index in [9.17, 15) is 0 Å². The van der Waals surface area contributed by atoms with Crippen LogP contribution < -0.4 is 5.73 Å². The summed E-state index contributed by atoms with van der Waals surface area (Å²) in [6.07, 6.45) is 4.51. The number of nitrogens with zero attached hydrogens (tertiary/aromatic N) is 2. The van der Waals surface area contributed by atoms with Crippen molar-refractivity contribution in [1.29, 1.82) is 0 Å². The van der Waals surface area contributed by atoms with Crippen molar-refractivity contribution in [2.75, 3.05) is 26.4 Å². The largest absolute Gasteiger partial charge is 0.376 e. The highest BCUT2D eigenvalue weighted by molar-refractivity contribution is 5.01. The van der Waals surface area contributed by atoms with Gasteiger partial charge in [0.25, 0.3) is 0 Å². The van der Waals surface area contributed by atoms with Gasteiger partial charge in [-0.3, -0.25) is 0 Å². The van der Waals surface area contributed by atoms with Gasteiger partial charge in [-0.15, -0.1) is 0 Å². The van der Waals surface area contributed by atoms with E-state index < -0.39 is 0 Å². The van der Waals surface area contributed by atoms with E-state index in [0.29, 0.717) is 44.0 Å². The molecule has 0 aromatic carbocycles. The lowest BCUT2D eigenvalue weighted by Gasteiger charge is -2.27. The van der Waals surface area contributed by atoms with Gasteiger partial charge in [0.15, 0.2) is 0 Å². The first-order valence-corrected chi connectivity index (χ1v) is 7.11. The van der Waals surface area contributed by atoms with Crippen molar-refractivity contribution in [1.82, 2.24) is 10.1 Å². The molecular weight excluding hydrogens is 246 g/mol. The third-order valence-electron chi connectivity index (χ3n) is 4.09. The highest BCUT2D eigenvalue weighted by atomic mass is 16.6. The Morgan fingerprint density at radius 3 is 2.89 bits per heavy atom. The van der Waals surface area contributed by atoms with E-state index in [2.05, 4.69) is 10.1 Å². The van der Waals surface area contributed by atoms with Gasteiger partial charge >= 0.3 is 0 Å². The van der Waals surface area contributed by atoms with Crippen LogP contribution in [0.4, 0.5) is 0 Å². The van der Waals surface area contributed by atoms with Crippen LogP contribution in [0.1, 0.15) is 49.4 Å². The zero-order chi connectivity index (χ0) is 13.1. The molecule has 19 heavy (non-hydrogen) atoms. The van der Waals surface area contributed by atoms with Crippen LogP contribution >= 0.6 is 0 Å². The Balaban J connectivity index is 1.72. The Bertz CT molecular complexity index is 404. The summed E-state index contributed by atoms with van der Waals surface area (Å²) in [5, 5.41) is 4.05. The molecule has 0 spiro atoms. The standard InChI is InChI=1S/C13H21N3O3/c14-7-9-3-1-2-4-10(9)13-15-12(16-19-13)11-8-17-5-6-18-11/h9-11H,1-8,14H2. The molecule has 1 aliphatic carbocycles. The molecule has 6 heteroatoms. The summed E-state index contributed by atoms with van der Waals surface area (Å²) in [4.78, 5) is 4.52. The molecule has 1 saturated heterocycles. The minimum absolute atomic E-state index is 0.189. The van der Waals surface area contributed by atoms with Gasteiger partial charge < -0.3 is 19.7 Å². The SMILES string of the molecule is NCC1CCCCC1c1nc(C2COCCO2)no1. The molecule has 2 N–H and O–H groups in total. The molecule has 1 aromatic heterocycles. The van der Waals surface area contributed by atoms with Crippen LogP contribution in [0.5, 0.6) is 0 Å². The fraction of sp³-hybridized carbons (Fsp3) is 0.846. The van der Waals surface area contributed by atoms with Crippen LogP contribution in [-0.2, 0) is 9.47 Å². The molecule has 1 aromatic rings. The Morgan fingerprint density at radius 2 is 2.11 bits per heavy atom. The van der Waals surface area contributed by atoms with Crippen LogP contribution in [0.2, 0.25) is 0 Å². The third-order valence-corrected chi connectivity index (χ3v) is 4.09. The summed E-state index contributed by atoms with van der Waals surface area (Å²) in [6, 6.07) is 0. The van der Waals surface area contributed by atoms with Gasteiger partial charge in [0.1, 0.15) is 6.10 Å². The molecule has 1 saturated carbocycles. The van der Waals surface area contributed by atoms with Crippen molar-refractivity contribution >= 4 is 0 Å². The lowest BCUT2D eigenvalue weighted by atomic mass is 9.79. The average Bonchev–Trinajstić information content (AvgIpc) is 2.98. The van der Waals surface area contributed by atoms with E-state index in [0.717, 1.165) is 18.7 Å². The molecule has 0 bridgehead atoms. The summed E-state index contributed by atoms with van der Waals surface area (Å²) in [7, 11) is 0. The maximum atomic E-state index is 5.85. The molecule has 0 radical (unpaired) electrons. The second-order valence-electron chi connectivity index (χ2n) is 5.31. The number of hydrogen-bond acceptors (Lipinski definition) is 6. The van der Waals surface area contributed by atoms with Gasteiger partial charge in [-0.1, -0.05) is 18.0 Å². The minimum atomic E-state index is -0.189. The number of ether oxygens (including phenoxy) is 2. The number of aromatic nitrogens is 2. The van der Waals surface area contributed by atoms with E-state index in [1.54, 1.807) is 0 Å².